The lowest BCUT2D eigenvalue weighted by Crippen LogP contribution is -2.28. The van der Waals surface area contributed by atoms with Gasteiger partial charge in [0.2, 0.25) is 5.91 Å². The van der Waals surface area contributed by atoms with Gasteiger partial charge in [0.1, 0.15) is 5.75 Å². The lowest BCUT2D eigenvalue weighted by Gasteiger charge is -2.16. The predicted molar refractivity (Wildman–Crippen MR) is 92.8 cm³/mol. The van der Waals surface area contributed by atoms with Gasteiger partial charge in [0.05, 0.1) is 6.61 Å². The molecule has 1 fully saturated rings. The van der Waals surface area contributed by atoms with E-state index in [0.29, 0.717) is 18.9 Å². The smallest absolute Gasteiger partial charge is 0.224 e. The fourth-order valence-electron chi connectivity index (χ4n) is 2.84. The first-order valence-corrected chi connectivity index (χ1v) is 7.89. The van der Waals surface area contributed by atoms with Crippen molar-refractivity contribution in [2.24, 2.45) is 11.7 Å². The van der Waals surface area contributed by atoms with Crippen molar-refractivity contribution < 1.29 is 9.53 Å². The highest BCUT2D eigenvalue weighted by Crippen LogP contribution is 2.28. The van der Waals surface area contributed by atoms with Crippen LogP contribution >= 0.6 is 12.4 Å². The van der Waals surface area contributed by atoms with Gasteiger partial charge in [-0.3, -0.25) is 4.79 Å². The third-order valence-corrected chi connectivity index (χ3v) is 4.11. The number of hydrogen-bond donors (Lipinski definition) is 2. The van der Waals surface area contributed by atoms with Crippen LogP contribution in [0.2, 0.25) is 0 Å². The summed E-state index contributed by atoms with van der Waals surface area (Å²) in [7, 11) is 0. The van der Waals surface area contributed by atoms with E-state index >= 15 is 0 Å². The van der Waals surface area contributed by atoms with Crippen molar-refractivity contribution in [1.29, 1.82) is 0 Å². The minimum Gasteiger partial charge on any atom is -0.494 e. The zero-order chi connectivity index (χ0) is 15.2. The number of nitrogens with two attached hydrogens (primary N) is 1. The molecule has 0 bridgehead atoms. The molecule has 0 spiro atoms. The Morgan fingerprint density at radius 3 is 2.77 bits per heavy atom. The van der Waals surface area contributed by atoms with E-state index in [1.807, 2.05) is 25.1 Å². The Labute approximate surface area is 139 Å². The highest BCUT2D eigenvalue weighted by atomic mass is 35.5. The molecule has 1 aromatic carbocycles. The Morgan fingerprint density at radius 1 is 1.41 bits per heavy atom. The van der Waals surface area contributed by atoms with Gasteiger partial charge in [0.15, 0.2) is 0 Å². The number of amides is 1. The fraction of sp³-hybridized carbons (Fsp3) is 0.588. The fourth-order valence-corrected chi connectivity index (χ4v) is 2.84. The van der Waals surface area contributed by atoms with Crippen LogP contribution in [-0.4, -0.2) is 18.6 Å². The van der Waals surface area contributed by atoms with Crippen LogP contribution in [0.25, 0.3) is 0 Å². The van der Waals surface area contributed by atoms with Crippen molar-refractivity contribution in [2.45, 2.75) is 52.0 Å². The number of benzene rings is 1. The Morgan fingerprint density at radius 2 is 2.18 bits per heavy atom. The number of carbonyl (C=O) groups is 1. The minimum absolute atomic E-state index is 0. The van der Waals surface area contributed by atoms with E-state index in [0.717, 1.165) is 42.7 Å². The van der Waals surface area contributed by atoms with Crippen molar-refractivity contribution in [3.8, 4) is 5.75 Å². The molecule has 0 radical (unpaired) electrons. The van der Waals surface area contributed by atoms with Crippen molar-refractivity contribution in [1.82, 2.24) is 0 Å². The molecule has 2 rings (SSSR count). The van der Waals surface area contributed by atoms with Gasteiger partial charge in [0.25, 0.3) is 0 Å². The van der Waals surface area contributed by atoms with Crippen molar-refractivity contribution in [3.63, 3.8) is 0 Å². The number of hydrogen-bond acceptors (Lipinski definition) is 3. The maximum absolute atomic E-state index is 12.1. The molecule has 3 N–H and O–H groups in total. The van der Waals surface area contributed by atoms with E-state index < -0.39 is 0 Å². The Hall–Kier alpha value is -1.26. The summed E-state index contributed by atoms with van der Waals surface area (Å²) in [6, 6.07) is 5.96. The van der Waals surface area contributed by atoms with Crippen LogP contribution in [-0.2, 0) is 4.79 Å². The predicted octanol–water partition coefficient (Wildman–Crippen LogP) is 3.66. The van der Waals surface area contributed by atoms with E-state index in [2.05, 4.69) is 12.2 Å². The third kappa shape index (κ3) is 5.18. The molecular weight excluding hydrogens is 300 g/mol. The van der Waals surface area contributed by atoms with Crippen LogP contribution in [0.1, 0.15) is 44.6 Å². The van der Waals surface area contributed by atoms with Crippen LogP contribution in [0.4, 0.5) is 5.69 Å². The van der Waals surface area contributed by atoms with Gasteiger partial charge in [-0.2, -0.15) is 0 Å². The van der Waals surface area contributed by atoms with Crippen LogP contribution in [0, 0.1) is 12.8 Å². The first-order valence-electron chi connectivity index (χ1n) is 7.89. The van der Waals surface area contributed by atoms with Gasteiger partial charge in [-0.1, -0.05) is 13.3 Å². The molecular formula is C17H27ClN2O2. The molecule has 4 nitrogen and oxygen atoms in total. The van der Waals surface area contributed by atoms with Gasteiger partial charge in [-0.15, -0.1) is 12.4 Å². The van der Waals surface area contributed by atoms with E-state index in [4.69, 9.17) is 10.5 Å². The standard InChI is InChI=1S/C17H26N2O2.ClH/c1-3-9-21-14-7-8-16(12(2)10-14)19-17(20)11-13-5-4-6-15(13)18;/h7-8,10,13,15H,3-6,9,11,18H2,1-2H3,(H,19,20);1H/t13-,15+;/m0./s1. The second-order valence-corrected chi connectivity index (χ2v) is 5.93. The molecule has 0 unspecified atom stereocenters. The van der Waals surface area contributed by atoms with Crippen LogP contribution < -0.4 is 15.8 Å². The number of carbonyl (C=O) groups excluding carboxylic acids is 1. The summed E-state index contributed by atoms with van der Waals surface area (Å²) in [5, 5.41) is 2.99. The molecule has 124 valence electrons. The normalized spacial score (nSPS) is 20.3. The largest absolute Gasteiger partial charge is 0.494 e. The number of rotatable bonds is 6. The lowest BCUT2D eigenvalue weighted by molar-refractivity contribution is -0.117. The van der Waals surface area contributed by atoms with E-state index in [-0.39, 0.29) is 24.4 Å². The van der Waals surface area contributed by atoms with Crippen molar-refractivity contribution in [2.75, 3.05) is 11.9 Å². The zero-order valence-corrected chi connectivity index (χ0v) is 14.2. The van der Waals surface area contributed by atoms with Crippen molar-refractivity contribution in [3.05, 3.63) is 23.8 Å². The van der Waals surface area contributed by atoms with Gasteiger partial charge >= 0.3 is 0 Å². The molecule has 1 saturated carbocycles. The number of halogens is 1. The Balaban J connectivity index is 0.00000242. The monoisotopic (exact) mass is 326 g/mol. The maximum Gasteiger partial charge on any atom is 0.224 e. The van der Waals surface area contributed by atoms with Gasteiger partial charge in [-0.25, -0.2) is 0 Å². The topological polar surface area (TPSA) is 64.3 Å². The minimum atomic E-state index is 0. The molecule has 1 amide bonds. The molecule has 1 aromatic rings. The van der Waals surface area contributed by atoms with Crippen molar-refractivity contribution >= 4 is 24.0 Å². The maximum atomic E-state index is 12.1. The van der Waals surface area contributed by atoms with E-state index in [1.54, 1.807) is 0 Å². The van der Waals surface area contributed by atoms with E-state index in [1.165, 1.54) is 0 Å². The first kappa shape index (κ1) is 18.8. The molecule has 2 atom stereocenters. The average Bonchev–Trinajstić information content (AvgIpc) is 2.84. The number of anilines is 1. The second kappa shape index (κ2) is 9.01. The van der Waals surface area contributed by atoms with Crippen LogP contribution in [0.3, 0.4) is 0 Å². The SMILES string of the molecule is CCCOc1ccc(NC(=O)C[C@@H]2CCC[C@H]2N)c(C)c1.Cl. The number of nitrogens with one attached hydrogen (secondary N) is 1. The molecule has 1 aliphatic rings. The molecule has 0 heterocycles. The molecule has 0 aromatic heterocycles. The number of ether oxygens (including phenoxy) is 1. The summed E-state index contributed by atoms with van der Waals surface area (Å²) in [6.45, 7) is 4.77. The van der Waals surface area contributed by atoms with Gasteiger partial charge < -0.3 is 15.8 Å². The first-order chi connectivity index (χ1) is 10.1. The summed E-state index contributed by atoms with van der Waals surface area (Å²) in [5.74, 6) is 1.24. The summed E-state index contributed by atoms with van der Waals surface area (Å²) >= 11 is 0. The molecule has 0 saturated heterocycles. The molecule has 5 heteroatoms. The lowest BCUT2D eigenvalue weighted by atomic mass is 10.00. The third-order valence-electron chi connectivity index (χ3n) is 4.11. The number of aryl methyl sites for hydroxylation is 1. The van der Waals surface area contributed by atoms with Gasteiger partial charge in [0, 0.05) is 18.2 Å². The van der Waals surface area contributed by atoms with Crippen LogP contribution in [0.5, 0.6) is 5.75 Å². The summed E-state index contributed by atoms with van der Waals surface area (Å²) in [6.07, 6.45) is 4.76. The second-order valence-electron chi connectivity index (χ2n) is 5.93. The summed E-state index contributed by atoms with van der Waals surface area (Å²) in [5.41, 5.74) is 7.90. The highest BCUT2D eigenvalue weighted by molar-refractivity contribution is 5.91. The Bertz CT molecular complexity index is 494. The van der Waals surface area contributed by atoms with Crippen LogP contribution in [0.15, 0.2) is 18.2 Å². The Kier molecular flexibility index (Phi) is 7.69. The van der Waals surface area contributed by atoms with E-state index in [9.17, 15) is 4.79 Å². The molecule has 22 heavy (non-hydrogen) atoms. The summed E-state index contributed by atoms with van der Waals surface area (Å²) in [4.78, 5) is 12.1. The average molecular weight is 327 g/mol. The molecule has 0 aliphatic heterocycles. The molecule has 1 aliphatic carbocycles. The quantitative estimate of drug-likeness (QED) is 0.838. The zero-order valence-electron chi connectivity index (χ0n) is 13.4. The summed E-state index contributed by atoms with van der Waals surface area (Å²) < 4.78 is 5.59. The highest BCUT2D eigenvalue weighted by Gasteiger charge is 2.26. The van der Waals surface area contributed by atoms with Gasteiger partial charge in [-0.05, 0) is 55.9 Å².